The third kappa shape index (κ3) is 4.18. The first kappa shape index (κ1) is 22.0. The molecule has 7 heteroatoms. The summed E-state index contributed by atoms with van der Waals surface area (Å²) in [5.74, 6) is -1.07. The van der Waals surface area contributed by atoms with Crippen molar-refractivity contribution in [2.24, 2.45) is 7.05 Å². The van der Waals surface area contributed by atoms with E-state index >= 15 is 0 Å². The Morgan fingerprint density at radius 3 is 2.35 bits per heavy atom. The van der Waals surface area contributed by atoms with Crippen molar-refractivity contribution in [3.63, 3.8) is 0 Å². The molecule has 0 bridgehead atoms. The third-order valence-electron chi connectivity index (χ3n) is 4.44. The quantitative estimate of drug-likeness (QED) is 0.300. The fourth-order valence-corrected chi connectivity index (χ4v) is 3.11. The lowest BCUT2D eigenvalue weighted by atomic mass is 9.99. The molecule has 0 aliphatic heterocycles. The molecule has 0 aromatic carbocycles. The number of halogens is 1. The molecule has 0 radical (unpaired) electrons. The van der Waals surface area contributed by atoms with Crippen LogP contribution < -0.4 is 0 Å². The Hall–Kier alpha value is -2.08. The summed E-state index contributed by atoms with van der Waals surface area (Å²) in [6, 6.07) is -0.739. The lowest BCUT2D eigenvalue weighted by molar-refractivity contribution is -0.131. The van der Waals surface area contributed by atoms with Gasteiger partial charge in [0, 0.05) is 24.8 Å². The van der Waals surface area contributed by atoms with E-state index in [1.807, 2.05) is 0 Å². The van der Waals surface area contributed by atoms with Crippen LogP contribution in [-0.4, -0.2) is 51.7 Å². The summed E-state index contributed by atoms with van der Waals surface area (Å²) in [6.45, 7) is 12.5. The molecule has 1 heterocycles. The first-order valence-corrected chi connectivity index (χ1v) is 8.96. The van der Waals surface area contributed by atoms with Gasteiger partial charge in [-0.05, 0) is 40.2 Å². The van der Waals surface area contributed by atoms with E-state index < -0.39 is 17.4 Å². The van der Waals surface area contributed by atoms with Crippen molar-refractivity contribution in [1.82, 2.24) is 9.47 Å². The largest absolute Gasteiger partial charge is 0.461 e. The minimum Gasteiger partial charge on any atom is -0.461 e. The van der Waals surface area contributed by atoms with Gasteiger partial charge in [0.05, 0.1) is 12.6 Å². The minimum atomic E-state index is -0.752. The van der Waals surface area contributed by atoms with Gasteiger partial charge in [0.1, 0.15) is 11.1 Å². The normalized spacial score (nSPS) is 13.0. The van der Waals surface area contributed by atoms with Gasteiger partial charge in [0.15, 0.2) is 5.78 Å². The summed E-state index contributed by atoms with van der Waals surface area (Å²) in [7, 11) is 1.71. The summed E-state index contributed by atoms with van der Waals surface area (Å²) in [5.41, 5.74) is 1.96. The Morgan fingerprint density at radius 1 is 1.31 bits per heavy atom. The molecule has 1 rings (SSSR count). The van der Waals surface area contributed by atoms with Crippen molar-refractivity contribution in [2.75, 3.05) is 13.2 Å². The number of hydrogen-bond donors (Lipinski definition) is 0. The standard InChI is InChI=1S/C19H27ClN2O4/c1-8-10-22(18(24)12(4)20)14(6)17(23)15-11(3)16(19(25)26-9-2)21(7)13(15)5/h8,12,14H,1,9-10H2,2-7H3/t12-,14-/m0/s1. The van der Waals surface area contributed by atoms with Gasteiger partial charge in [-0.2, -0.15) is 0 Å². The number of amides is 1. The summed E-state index contributed by atoms with van der Waals surface area (Å²) < 4.78 is 6.74. The first-order chi connectivity index (χ1) is 12.1. The monoisotopic (exact) mass is 382 g/mol. The topological polar surface area (TPSA) is 68.6 Å². The summed E-state index contributed by atoms with van der Waals surface area (Å²) in [4.78, 5) is 39.1. The lowest BCUT2D eigenvalue weighted by Crippen LogP contribution is -2.46. The molecule has 0 unspecified atom stereocenters. The molecule has 0 N–H and O–H groups in total. The second kappa shape index (κ2) is 9.03. The SMILES string of the molecule is C=CCN(C(=O)[C@H](C)Cl)[C@@H](C)C(=O)c1c(C)c(C(=O)OCC)n(C)c1C. The summed E-state index contributed by atoms with van der Waals surface area (Å²) in [6.07, 6.45) is 1.55. The first-order valence-electron chi connectivity index (χ1n) is 8.52. The van der Waals surface area contributed by atoms with E-state index in [0.29, 0.717) is 22.5 Å². The summed E-state index contributed by atoms with van der Waals surface area (Å²) >= 11 is 5.92. The smallest absolute Gasteiger partial charge is 0.355 e. The van der Waals surface area contributed by atoms with Crippen molar-refractivity contribution in [3.05, 3.63) is 35.2 Å². The molecule has 26 heavy (non-hydrogen) atoms. The number of carbonyl (C=O) groups excluding carboxylic acids is 3. The molecule has 0 spiro atoms. The van der Waals surface area contributed by atoms with Gasteiger partial charge in [0.2, 0.25) is 5.91 Å². The number of hydrogen-bond acceptors (Lipinski definition) is 4. The number of nitrogens with zero attached hydrogens (tertiary/aromatic N) is 2. The lowest BCUT2D eigenvalue weighted by Gasteiger charge is -2.28. The Balaban J connectivity index is 3.35. The zero-order valence-corrected chi connectivity index (χ0v) is 17.0. The van der Waals surface area contributed by atoms with Crippen molar-refractivity contribution in [2.45, 2.75) is 46.0 Å². The molecular formula is C19H27ClN2O4. The number of carbonyl (C=O) groups is 3. The highest BCUT2D eigenvalue weighted by molar-refractivity contribution is 6.30. The molecule has 0 aliphatic rings. The number of ether oxygens (including phenoxy) is 1. The fourth-order valence-electron chi connectivity index (χ4n) is 2.99. The van der Waals surface area contributed by atoms with E-state index in [-0.39, 0.29) is 24.8 Å². The van der Waals surface area contributed by atoms with Gasteiger partial charge < -0.3 is 14.2 Å². The Labute approximate surface area is 159 Å². The Bertz CT molecular complexity index is 722. The Kier molecular flexibility index (Phi) is 7.63. The molecule has 6 nitrogen and oxygen atoms in total. The maximum Gasteiger partial charge on any atom is 0.355 e. The van der Waals surface area contributed by atoms with E-state index in [0.717, 1.165) is 0 Å². The van der Waals surface area contributed by atoms with Crippen LogP contribution in [0.15, 0.2) is 12.7 Å². The highest BCUT2D eigenvalue weighted by Crippen LogP contribution is 2.25. The highest BCUT2D eigenvalue weighted by atomic mass is 35.5. The van der Waals surface area contributed by atoms with Crippen LogP contribution in [0, 0.1) is 13.8 Å². The molecule has 0 aliphatic carbocycles. The predicted octanol–water partition coefficient (Wildman–Crippen LogP) is 3.03. The summed E-state index contributed by atoms with van der Waals surface area (Å²) in [5, 5.41) is -0.752. The van der Waals surface area contributed by atoms with Gasteiger partial charge in [-0.3, -0.25) is 9.59 Å². The number of ketones is 1. The van der Waals surface area contributed by atoms with E-state index in [1.165, 1.54) is 4.90 Å². The predicted molar refractivity (Wildman–Crippen MR) is 102 cm³/mol. The Morgan fingerprint density at radius 2 is 1.88 bits per heavy atom. The molecule has 0 fully saturated rings. The van der Waals surface area contributed by atoms with Crippen LogP contribution in [0.1, 0.15) is 52.9 Å². The highest BCUT2D eigenvalue weighted by Gasteiger charge is 2.33. The molecule has 0 saturated carbocycles. The number of Topliss-reactive ketones (excluding diaryl/α,β-unsaturated/α-hetero) is 1. The number of alkyl halides is 1. The molecule has 1 amide bonds. The van der Waals surface area contributed by atoms with E-state index in [1.54, 1.807) is 52.3 Å². The van der Waals surface area contributed by atoms with Gasteiger partial charge in [0.25, 0.3) is 0 Å². The van der Waals surface area contributed by atoms with Crippen molar-refractivity contribution >= 4 is 29.3 Å². The van der Waals surface area contributed by atoms with E-state index in [2.05, 4.69) is 6.58 Å². The molecule has 1 aromatic heterocycles. The second-order valence-electron chi connectivity index (χ2n) is 6.15. The average molecular weight is 383 g/mol. The van der Waals surface area contributed by atoms with Crippen molar-refractivity contribution in [3.8, 4) is 0 Å². The van der Waals surface area contributed by atoms with E-state index in [9.17, 15) is 14.4 Å². The van der Waals surface area contributed by atoms with Gasteiger partial charge in [-0.15, -0.1) is 18.2 Å². The van der Waals surface area contributed by atoms with Crippen LogP contribution in [0.25, 0.3) is 0 Å². The zero-order chi connectivity index (χ0) is 20.2. The molecular weight excluding hydrogens is 356 g/mol. The van der Waals surface area contributed by atoms with Crippen molar-refractivity contribution in [1.29, 1.82) is 0 Å². The second-order valence-corrected chi connectivity index (χ2v) is 6.80. The van der Waals surface area contributed by atoms with E-state index in [4.69, 9.17) is 16.3 Å². The molecule has 0 saturated heterocycles. The van der Waals surface area contributed by atoms with Crippen LogP contribution in [-0.2, 0) is 16.6 Å². The molecule has 144 valence electrons. The maximum atomic E-state index is 13.1. The van der Waals surface area contributed by atoms with Gasteiger partial charge >= 0.3 is 5.97 Å². The number of aromatic nitrogens is 1. The zero-order valence-electron chi connectivity index (χ0n) is 16.3. The van der Waals surface area contributed by atoms with Crippen LogP contribution in [0.3, 0.4) is 0 Å². The number of esters is 1. The minimum absolute atomic E-state index is 0.207. The fraction of sp³-hybridized carbons (Fsp3) is 0.526. The maximum absolute atomic E-state index is 13.1. The van der Waals surface area contributed by atoms with Gasteiger partial charge in [-0.25, -0.2) is 4.79 Å². The molecule has 2 atom stereocenters. The third-order valence-corrected chi connectivity index (χ3v) is 4.63. The molecule has 1 aromatic rings. The van der Waals surface area contributed by atoms with Gasteiger partial charge in [-0.1, -0.05) is 6.08 Å². The van der Waals surface area contributed by atoms with Crippen LogP contribution in [0.4, 0.5) is 0 Å². The van der Waals surface area contributed by atoms with Crippen molar-refractivity contribution < 1.29 is 19.1 Å². The van der Waals surface area contributed by atoms with Crippen LogP contribution >= 0.6 is 11.6 Å². The van der Waals surface area contributed by atoms with Crippen LogP contribution in [0.5, 0.6) is 0 Å². The average Bonchev–Trinajstić information content (AvgIpc) is 2.80. The van der Waals surface area contributed by atoms with Crippen LogP contribution in [0.2, 0.25) is 0 Å². The number of rotatable bonds is 8.